The van der Waals surface area contributed by atoms with Gasteiger partial charge in [-0.15, -0.1) is 0 Å². The van der Waals surface area contributed by atoms with Crippen LogP contribution in [0.1, 0.15) is 31.2 Å². The molecule has 1 aliphatic heterocycles. The molecule has 0 amide bonds. The fraction of sp³-hybridized carbons (Fsp3) is 0.600. The lowest BCUT2D eigenvalue weighted by Gasteiger charge is -2.51. The van der Waals surface area contributed by atoms with Gasteiger partial charge in [0.1, 0.15) is 0 Å². The molecule has 0 bridgehead atoms. The molecule has 16 heavy (non-hydrogen) atoms. The Labute approximate surface area is 98.5 Å². The van der Waals surface area contributed by atoms with Crippen LogP contribution < -0.4 is 0 Å². The molecule has 0 aromatic heterocycles. The normalized spacial score (nSPS) is 29.5. The number of hydrogen-bond acceptors (Lipinski definition) is 1. The zero-order valence-corrected chi connectivity index (χ0v) is 9.94. The van der Waals surface area contributed by atoms with Gasteiger partial charge >= 0.3 is 0 Å². The molecule has 0 spiro atoms. The molecule has 0 radical (unpaired) electrons. The molecule has 3 rings (SSSR count). The third kappa shape index (κ3) is 2.01. The zero-order valence-electron chi connectivity index (χ0n) is 9.94. The van der Waals surface area contributed by atoms with Crippen LogP contribution in [0.5, 0.6) is 0 Å². The Balaban J connectivity index is 1.50. The second-order valence-corrected chi connectivity index (χ2v) is 5.34. The molecule has 1 aliphatic carbocycles. The molecule has 0 N–H and O–H groups in total. The van der Waals surface area contributed by atoms with Gasteiger partial charge < -0.3 is 0 Å². The van der Waals surface area contributed by atoms with Crippen molar-refractivity contribution >= 4 is 0 Å². The Bertz CT molecular complexity index is 333. The van der Waals surface area contributed by atoms with Gasteiger partial charge in [-0.1, -0.05) is 43.2 Å². The highest BCUT2D eigenvalue weighted by Crippen LogP contribution is 2.36. The van der Waals surface area contributed by atoms with E-state index in [0.29, 0.717) is 0 Å². The minimum atomic E-state index is 0.942. The minimum Gasteiger partial charge on any atom is -0.299 e. The maximum atomic E-state index is 2.71. The van der Waals surface area contributed by atoms with Gasteiger partial charge in [0, 0.05) is 19.1 Å². The fourth-order valence-electron chi connectivity index (χ4n) is 3.35. The Morgan fingerprint density at radius 1 is 1.06 bits per heavy atom. The number of benzene rings is 1. The van der Waals surface area contributed by atoms with Gasteiger partial charge in [0.15, 0.2) is 0 Å². The Morgan fingerprint density at radius 3 is 2.69 bits per heavy atom. The minimum absolute atomic E-state index is 0.942. The number of nitrogens with zero attached hydrogens (tertiary/aromatic N) is 1. The average Bonchev–Trinajstić information content (AvgIpc) is 2.32. The van der Waals surface area contributed by atoms with Crippen LogP contribution in [0, 0.1) is 5.92 Å². The molecule has 1 heterocycles. The molecular weight excluding hydrogens is 194 g/mol. The average molecular weight is 215 g/mol. The van der Waals surface area contributed by atoms with Crippen LogP contribution in [0.4, 0.5) is 0 Å². The van der Waals surface area contributed by atoms with Crippen LogP contribution >= 0.6 is 0 Å². The van der Waals surface area contributed by atoms with Crippen LogP contribution in [0.25, 0.3) is 0 Å². The lowest BCUT2D eigenvalue weighted by atomic mass is 9.77. The second kappa shape index (κ2) is 4.58. The van der Waals surface area contributed by atoms with E-state index in [1.54, 1.807) is 0 Å². The van der Waals surface area contributed by atoms with Crippen molar-refractivity contribution in [3.05, 3.63) is 35.9 Å². The van der Waals surface area contributed by atoms with Gasteiger partial charge in [-0.3, -0.25) is 4.90 Å². The third-order valence-electron chi connectivity index (χ3n) is 4.34. The summed E-state index contributed by atoms with van der Waals surface area (Å²) < 4.78 is 0. The van der Waals surface area contributed by atoms with Crippen molar-refractivity contribution in [3.8, 4) is 0 Å². The SMILES string of the molecule is c1ccc(CCN2C[C@@H]3CCCC[C@H]32)cc1. The maximum absolute atomic E-state index is 2.71. The topological polar surface area (TPSA) is 3.24 Å². The van der Waals surface area contributed by atoms with Gasteiger partial charge in [0.05, 0.1) is 0 Å². The molecule has 1 nitrogen and oxygen atoms in total. The van der Waals surface area contributed by atoms with Crippen LogP contribution in [0.2, 0.25) is 0 Å². The molecule has 86 valence electrons. The summed E-state index contributed by atoms with van der Waals surface area (Å²) in [5.41, 5.74) is 1.49. The van der Waals surface area contributed by atoms with E-state index >= 15 is 0 Å². The number of fused-ring (bicyclic) bond motifs is 1. The Morgan fingerprint density at radius 2 is 1.88 bits per heavy atom. The molecule has 2 atom stereocenters. The van der Waals surface area contributed by atoms with Crippen molar-refractivity contribution < 1.29 is 0 Å². The van der Waals surface area contributed by atoms with Crippen LogP contribution in [-0.4, -0.2) is 24.0 Å². The first kappa shape index (κ1) is 10.3. The first-order chi connectivity index (χ1) is 7.93. The van der Waals surface area contributed by atoms with Crippen molar-refractivity contribution in [1.82, 2.24) is 4.90 Å². The summed E-state index contributed by atoms with van der Waals surface area (Å²) >= 11 is 0. The van der Waals surface area contributed by atoms with E-state index < -0.39 is 0 Å². The van der Waals surface area contributed by atoms with Gasteiger partial charge in [0.2, 0.25) is 0 Å². The summed E-state index contributed by atoms with van der Waals surface area (Å²) in [5.74, 6) is 1.05. The summed E-state index contributed by atoms with van der Waals surface area (Å²) in [7, 11) is 0. The van der Waals surface area contributed by atoms with Gasteiger partial charge in [-0.05, 0) is 30.7 Å². The molecule has 1 saturated heterocycles. The van der Waals surface area contributed by atoms with Crippen LogP contribution in [-0.2, 0) is 6.42 Å². The van der Waals surface area contributed by atoms with Crippen molar-refractivity contribution in [3.63, 3.8) is 0 Å². The lowest BCUT2D eigenvalue weighted by molar-refractivity contribution is -0.0129. The molecule has 1 saturated carbocycles. The molecule has 1 heteroatoms. The first-order valence-corrected chi connectivity index (χ1v) is 6.71. The summed E-state index contributed by atoms with van der Waals surface area (Å²) in [5, 5.41) is 0. The van der Waals surface area contributed by atoms with Crippen molar-refractivity contribution in [2.24, 2.45) is 5.92 Å². The first-order valence-electron chi connectivity index (χ1n) is 6.71. The monoisotopic (exact) mass is 215 g/mol. The van der Waals surface area contributed by atoms with Crippen molar-refractivity contribution in [1.29, 1.82) is 0 Å². The Hall–Kier alpha value is -0.820. The predicted molar refractivity (Wildman–Crippen MR) is 67.5 cm³/mol. The van der Waals surface area contributed by atoms with E-state index in [4.69, 9.17) is 0 Å². The molecular formula is C15H21N. The molecule has 2 fully saturated rings. The third-order valence-corrected chi connectivity index (χ3v) is 4.34. The second-order valence-electron chi connectivity index (χ2n) is 5.34. The number of likely N-dealkylation sites (tertiary alicyclic amines) is 1. The van der Waals surface area contributed by atoms with Gasteiger partial charge in [0.25, 0.3) is 0 Å². The standard InChI is InChI=1S/C15H21N/c1-2-6-13(7-3-1)10-11-16-12-14-8-4-5-9-15(14)16/h1-3,6-7,14-15H,4-5,8-12H2/t14-,15+/m0/s1. The highest BCUT2D eigenvalue weighted by molar-refractivity contribution is 5.15. The largest absolute Gasteiger partial charge is 0.299 e. The number of hydrogen-bond donors (Lipinski definition) is 0. The van der Waals surface area contributed by atoms with Gasteiger partial charge in [-0.25, -0.2) is 0 Å². The highest BCUT2D eigenvalue weighted by atomic mass is 15.2. The zero-order chi connectivity index (χ0) is 10.8. The number of rotatable bonds is 3. The smallest absolute Gasteiger partial charge is 0.0136 e. The lowest BCUT2D eigenvalue weighted by Crippen LogP contribution is -2.57. The van der Waals surface area contributed by atoms with E-state index in [1.165, 1.54) is 50.8 Å². The Kier molecular flexibility index (Phi) is 2.96. The van der Waals surface area contributed by atoms with Gasteiger partial charge in [-0.2, -0.15) is 0 Å². The summed E-state index contributed by atoms with van der Waals surface area (Å²) in [4.78, 5) is 2.71. The summed E-state index contributed by atoms with van der Waals surface area (Å²) in [6, 6.07) is 11.8. The van der Waals surface area contributed by atoms with Crippen molar-refractivity contribution in [2.75, 3.05) is 13.1 Å². The molecule has 1 aromatic rings. The summed E-state index contributed by atoms with van der Waals surface area (Å²) in [6.45, 7) is 2.64. The highest BCUT2D eigenvalue weighted by Gasteiger charge is 2.39. The van der Waals surface area contributed by atoms with E-state index in [-0.39, 0.29) is 0 Å². The maximum Gasteiger partial charge on any atom is 0.0136 e. The van der Waals surface area contributed by atoms with E-state index in [9.17, 15) is 0 Å². The predicted octanol–water partition coefficient (Wildman–Crippen LogP) is 3.10. The van der Waals surface area contributed by atoms with E-state index in [1.807, 2.05) is 0 Å². The molecule has 2 aliphatic rings. The van der Waals surface area contributed by atoms with Crippen LogP contribution in [0.15, 0.2) is 30.3 Å². The fourth-order valence-corrected chi connectivity index (χ4v) is 3.35. The van der Waals surface area contributed by atoms with E-state index in [0.717, 1.165) is 12.0 Å². The van der Waals surface area contributed by atoms with Crippen molar-refractivity contribution in [2.45, 2.75) is 38.1 Å². The molecule has 1 aromatic carbocycles. The molecule has 0 unspecified atom stereocenters. The van der Waals surface area contributed by atoms with Crippen LogP contribution in [0.3, 0.4) is 0 Å². The summed E-state index contributed by atoms with van der Waals surface area (Å²) in [6.07, 6.45) is 7.12. The quantitative estimate of drug-likeness (QED) is 0.749. The van der Waals surface area contributed by atoms with E-state index in [2.05, 4.69) is 35.2 Å².